The maximum Gasteiger partial charge on any atom is 0.155 e. The number of aromatic nitrogens is 2. The second-order valence-corrected chi connectivity index (χ2v) is 8.38. The minimum absolute atomic E-state index is 0.489. The minimum Gasteiger partial charge on any atom is -0.234 e. The molecule has 1 aromatic heterocycles. The molecule has 28 heavy (non-hydrogen) atoms. The van der Waals surface area contributed by atoms with Gasteiger partial charge < -0.3 is 0 Å². The highest BCUT2D eigenvalue weighted by molar-refractivity contribution is 5.87. The molecule has 0 aliphatic heterocycles. The van der Waals surface area contributed by atoms with E-state index in [1.807, 2.05) is 0 Å². The SMILES string of the molecule is Cc1cc(C2=C3CC=C(CC/C=C\C4=CC4)C=CC32)nc(C2=CCCCC2)n1. The monoisotopic (exact) mass is 368 g/mol. The van der Waals surface area contributed by atoms with Crippen molar-refractivity contribution >= 4 is 11.1 Å². The van der Waals surface area contributed by atoms with Crippen molar-refractivity contribution in [2.45, 2.75) is 58.3 Å². The van der Waals surface area contributed by atoms with E-state index >= 15 is 0 Å². The van der Waals surface area contributed by atoms with Crippen molar-refractivity contribution in [3.63, 3.8) is 0 Å². The fraction of sp³-hybridized carbons (Fsp3) is 0.385. The van der Waals surface area contributed by atoms with Crippen LogP contribution >= 0.6 is 0 Å². The molecule has 0 spiro atoms. The summed E-state index contributed by atoms with van der Waals surface area (Å²) in [7, 11) is 0. The first-order valence-corrected chi connectivity index (χ1v) is 10.8. The minimum atomic E-state index is 0.489. The van der Waals surface area contributed by atoms with Gasteiger partial charge in [0.15, 0.2) is 5.82 Å². The second kappa shape index (κ2) is 7.50. The fourth-order valence-corrected chi connectivity index (χ4v) is 4.35. The van der Waals surface area contributed by atoms with Crippen molar-refractivity contribution in [1.82, 2.24) is 9.97 Å². The first-order chi connectivity index (χ1) is 13.8. The molecule has 2 heteroatoms. The molecule has 5 rings (SSSR count). The van der Waals surface area contributed by atoms with Gasteiger partial charge in [-0.1, -0.05) is 48.1 Å². The molecule has 1 atom stereocenters. The molecule has 0 radical (unpaired) electrons. The summed E-state index contributed by atoms with van der Waals surface area (Å²) in [5, 5.41) is 0. The molecule has 1 unspecified atom stereocenters. The summed E-state index contributed by atoms with van der Waals surface area (Å²) in [6.45, 7) is 2.10. The van der Waals surface area contributed by atoms with Crippen LogP contribution in [0.2, 0.25) is 0 Å². The van der Waals surface area contributed by atoms with Crippen molar-refractivity contribution in [3.8, 4) is 0 Å². The number of hydrogen-bond donors (Lipinski definition) is 0. The Morgan fingerprint density at radius 2 is 2.04 bits per heavy atom. The molecule has 1 heterocycles. The van der Waals surface area contributed by atoms with Gasteiger partial charge >= 0.3 is 0 Å². The van der Waals surface area contributed by atoms with Crippen molar-refractivity contribution in [2.75, 3.05) is 0 Å². The van der Waals surface area contributed by atoms with Crippen LogP contribution in [0.5, 0.6) is 0 Å². The standard InChI is InChI=1S/C26H28N2/c1-18-17-24(28-26(27-18)21-9-3-2-4-10-21)25-22-15-13-20(14-16-23(22)25)8-6-5-7-19-11-12-19/h5,7,9,11,13-15,17,22H,2-4,6,8,10,12,16H2,1H3/b7-5-. The van der Waals surface area contributed by atoms with Crippen LogP contribution in [0, 0.1) is 12.8 Å². The lowest BCUT2D eigenvalue weighted by atomic mass is 9.99. The van der Waals surface area contributed by atoms with E-state index in [4.69, 9.17) is 9.97 Å². The lowest BCUT2D eigenvalue weighted by Gasteiger charge is -2.12. The van der Waals surface area contributed by atoms with E-state index in [1.54, 1.807) is 5.57 Å². The second-order valence-electron chi connectivity index (χ2n) is 8.38. The number of aryl methyl sites for hydroxylation is 1. The normalized spacial score (nSPS) is 23.2. The van der Waals surface area contributed by atoms with Gasteiger partial charge in [-0.2, -0.15) is 0 Å². The van der Waals surface area contributed by atoms with Gasteiger partial charge in [0.05, 0.1) is 5.69 Å². The third-order valence-electron chi connectivity index (χ3n) is 6.12. The lowest BCUT2D eigenvalue weighted by Crippen LogP contribution is -2.02. The van der Waals surface area contributed by atoms with E-state index in [0.29, 0.717) is 5.92 Å². The van der Waals surface area contributed by atoms with Gasteiger partial charge in [-0.15, -0.1) is 0 Å². The summed E-state index contributed by atoms with van der Waals surface area (Å²) in [5.41, 5.74) is 9.53. The average Bonchev–Trinajstić information content (AvgIpc) is 3.60. The summed E-state index contributed by atoms with van der Waals surface area (Å²) in [6.07, 6.45) is 25.7. The maximum atomic E-state index is 4.97. The highest BCUT2D eigenvalue weighted by Crippen LogP contribution is 2.51. The molecular formula is C26H28N2. The van der Waals surface area contributed by atoms with Gasteiger partial charge in [0, 0.05) is 11.6 Å². The van der Waals surface area contributed by atoms with Crippen molar-refractivity contribution in [1.29, 1.82) is 0 Å². The predicted octanol–water partition coefficient (Wildman–Crippen LogP) is 6.68. The summed E-state index contributed by atoms with van der Waals surface area (Å²) in [6, 6.07) is 2.17. The number of nitrogens with zero attached hydrogens (tertiary/aromatic N) is 2. The Hall–Kier alpha value is -2.48. The summed E-state index contributed by atoms with van der Waals surface area (Å²) in [5.74, 6) is 1.45. The Balaban J connectivity index is 1.30. The molecular weight excluding hydrogens is 340 g/mol. The van der Waals surface area contributed by atoms with Crippen molar-refractivity contribution < 1.29 is 0 Å². The Kier molecular flexibility index (Phi) is 4.72. The van der Waals surface area contributed by atoms with E-state index < -0.39 is 0 Å². The maximum absolute atomic E-state index is 4.97. The van der Waals surface area contributed by atoms with Crippen molar-refractivity contribution in [2.24, 2.45) is 5.92 Å². The summed E-state index contributed by atoms with van der Waals surface area (Å²) >= 11 is 0. The Morgan fingerprint density at radius 1 is 1.11 bits per heavy atom. The van der Waals surface area contributed by atoms with Crippen LogP contribution in [0.4, 0.5) is 0 Å². The van der Waals surface area contributed by atoms with Gasteiger partial charge in [-0.25, -0.2) is 9.97 Å². The predicted molar refractivity (Wildman–Crippen MR) is 117 cm³/mol. The van der Waals surface area contributed by atoms with Crippen molar-refractivity contribution in [3.05, 3.63) is 82.5 Å². The zero-order chi connectivity index (χ0) is 18.9. The largest absolute Gasteiger partial charge is 0.234 e. The number of hydrogen-bond acceptors (Lipinski definition) is 2. The average molecular weight is 369 g/mol. The molecule has 0 N–H and O–H groups in total. The van der Waals surface area contributed by atoms with E-state index in [1.165, 1.54) is 48.0 Å². The molecule has 142 valence electrons. The van der Waals surface area contributed by atoms with Gasteiger partial charge in [-0.3, -0.25) is 0 Å². The Bertz CT molecular complexity index is 982. The molecule has 0 bridgehead atoms. The topological polar surface area (TPSA) is 25.8 Å². The van der Waals surface area contributed by atoms with Crippen LogP contribution in [0.3, 0.4) is 0 Å². The molecule has 0 aromatic carbocycles. The van der Waals surface area contributed by atoms with Crippen LogP contribution < -0.4 is 0 Å². The van der Waals surface area contributed by atoms with Crippen LogP contribution in [0.25, 0.3) is 11.1 Å². The first-order valence-electron chi connectivity index (χ1n) is 10.8. The molecule has 0 amide bonds. The van der Waals surface area contributed by atoms with E-state index in [0.717, 1.165) is 42.9 Å². The molecule has 1 aromatic rings. The molecule has 4 aliphatic rings. The fourth-order valence-electron chi connectivity index (χ4n) is 4.35. The zero-order valence-electron chi connectivity index (χ0n) is 16.7. The van der Waals surface area contributed by atoms with Crippen LogP contribution in [0.15, 0.2) is 65.3 Å². The highest BCUT2D eigenvalue weighted by Gasteiger charge is 2.36. The van der Waals surface area contributed by atoms with E-state index in [-0.39, 0.29) is 0 Å². The molecule has 0 saturated carbocycles. The third-order valence-corrected chi connectivity index (χ3v) is 6.12. The van der Waals surface area contributed by atoms with Gasteiger partial charge in [0.2, 0.25) is 0 Å². The lowest BCUT2D eigenvalue weighted by molar-refractivity contribution is 0.736. The molecule has 0 fully saturated rings. The smallest absolute Gasteiger partial charge is 0.155 e. The highest BCUT2D eigenvalue weighted by atomic mass is 14.9. The van der Waals surface area contributed by atoms with Gasteiger partial charge in [0.1, 0.15) is 0 Å². The molecule has 2 nitrogen and oxygen atoms in total. The van der Waals surface area contributed by atoms with E-state index in [9.17, 15) is 0 Å². The quantitative estimate of drug-likeness (QED) is 0.560. The van der Waals surface area contributed by atoms with E-state index in [2.05, 4.69) is 55.5 Å². The van der Waals surface area contributed by atoms with Crippen LogP contribution in [-0.4, -0.2) is 9.97 Å². The summed E-state index contributed by atoms with van der Waals surface area (Å²) < 4.78 is 0. The van der Waals surface area contributed by atoms with Crippen LogP contribution in [-0.2, 0) is 0 Å². The number of fused-ring (bicyclic) bond motifs is 1. The summed E-state index contributed by atoms with van der Waals surface area (Å²) in [4.78, 5) is 9.70. The number of rotatable bonds is 6. The first kappa shape index (κ1) is 17.6. The molecule has 4 aliphatic carbocycles. The van der Waals surface area contributed by atoms with Crippen LogP contribution in [0.1, 0.15) is 68.6 Å². The Labute approximate surface area is 168 Å². The third kappa shape index (κ3) is 3.87. The molecule has 0 saturated heterocycles. The zero-order valence-corrected chi connectivity index (χ0v) is 16.7. The number of allylic oxidation sites excluding steroid dienone is 12. The Morgan fingerprint density at radius 3 is 2.86 bits per heavy atom. The van der Waals surface area contributed by atoms with Gasteiger partial charge in [-0.05, 0) is 86.6 Å². The van der Waals surface area contributed by atoms with Gasteiger partial charge in [0.25, 0.3) is 0 Å².